The number of nitrogens with zero attached hydrogens (tertiary/aromatic N) is 1. The molecular formula is C14H19N3O3. The normalized spacial score (nSPS) is 15.3. The maximum Gasteiger partial charge on any atom is 0.251 e. The lowest BCUT2D eigenvalue weighted by atomic mass is 10.1. The molecule has 2 rings (SSSR count). The van der Waals surface area contributed by atoms with Crippen LogP contribution in [0.2, 0.25) is 0 Å². The molecule has 1 aromatic carbocycles. The van der Waals surface area contributed by atoms with Gasteiger partial charge < -0.3 is 21.0 Å². The van der Waals surface area contributed by atoms with Gasteiger partial charge in [-0.25, -0.2) is 0 Å². The summed E-state index contributed by atoms with van der Waals surface area (Å²) >= 11 is 0. The van der Waals surface area contributed by atoms with Crippen molar-refractivity contribution >= 4 is 11.7 Å². The van der Waals surface area contributed by atoms with Crippen LogP contribution in [0.5, 0.6) is 5.75 Å². The van der Waals surface area contributed by atoms with Crippen LogP contribution < -0.4 is 15.8 Å². The van der Waals surface area contributed by atoms with Crippen LogP contribution in [0.3, 0.4) is 0 Å². The predicted octanol–water partition coefficient (Wildman–Crippen LogP) is 1.27. The standard InChI is InChI=1S/C14H19N3O3/c1-2-11(8-13(15)17-19)16-14(18)10-3-4-12-9(7-10)5-6-20-12/h3-4,7,11,19H,2,5-6,8H2,1H3,(H2,15,17)(H,16,18). The van der Waals surface area contributed by atoms with E-state index in [9.17, 15) is 4.79 Å². The number of ether oxygens (including phenoxy) is 1. The van der Waals surface area contributed by atoms with Crippen molar-refractivity contribution in [1.82, 2.24) is 5.32 Å². The van der Waals surface area contributed by atoms with E-state index < -0.39 is 0 Å². The Kier molecular flexibility index (Phi) is 4.45. The Labute approximate surface area is 117 Å². The number of oxime groups is 1. The van der Waals surface area contributed by atoms with Crippen LogP contribution in [0.15, 0.2) is 23.4 Å². The number of hydrogen-bond acceptors (Lipinski definition) is 4. The van der Waals surface area contributed by atoms with Gasteiger partial charge in [0.1, 0.15) is 11.6 Å². The first-order valence-electron chi connectivity index (χ1n) is 6.67. The van der Waals surface area contributed by atoms with Gasteiger partial charge in [0.15, 0.2) is 0 Å². The first kappa shape index (κ1) is 14.2. The third-order valence-electron chi connectivity index (χ3n) is 3.36. The molecule has 1 heterocycles. The highest BCUT2D eigenvalue weighted by molar-refractivity contribution is 5.95. The lowest BCUT2D eigenvalue weighted by Crippen LogP contribution is -2.37. The van der Waals surface area contributed by atoms with Crippen LogP contribution in [0.1, 0.15) is 35.7 Å². The Morgan fingerprint density at radius 2 is 2.40 bits per heavy atom. The second kappa shape index (κ2) is 6.27. The average molecular weight is 277 g/mol. The van der Waals surface area contributed by atoms with Crippen LogP contribution in [-0.4, -0.2) is 29.6 Å². The topological polar surface area (TPSA) is 96.9 Å². The van der Waals surface area contributed by atoms with Gasteiger partial charge >= 0.3 is 0 Å². The van der Waals surface area contributed by atoms with Crippen molar-refractivity contribution < 1.29 is 14.7 Å². The second-order valence-electron chi connectivity index (χ2n) is 4.80. The molecule has 0 spiro atoms. The van der Waals surface area contributed by atoms with Crippen LogP contribution >= 0.6 is 0 Å². The van der Waals surface area contributed by atoms with E-state index in [-0.39, 0.29) is 17.8 Å². The minimum absolute atomic E-state index is 0.111. The first-order valence-corrected chi connectivity index (χ1v) is 6.67. The molecule has 1 unspecified atom stereocenters. The Hall–Kier alpha value is -2.24. The Morgan fingerprint density at radius 1 is 1.60 bits per heavy atom. The summed E-state index contributed by atoms with van der Waals surface area (Å²) in [6.07, 6.45) is 1.86. The van der Waals surface area contributed by atoms with Crippen molar-refractivity contribution in [2.45, 2.75) is 32.2 Å². The molecule has 0 saturated carbocycles. The minimum Gasteiger partial charge on any atom is -0.493 e. The molecular weight excluding hydrogens is 258 g/mol. The van der Waals surface area contributed by atoms with Crippen LogP contribution in [0.25, 0.3) is 0 Å². The van der Waals surface area contributed by atoms with E-state index in [1.807, 2.05) is 19.1 Å². The fraction of sp³-hybridized carbons (Fsp3) is 0.429. The fourth-order valence-corrected chi connectivity index (χ4v) is 2.19. The monoisotopic (exact) mass is 277 g/mol. The van der Waals surface area contributed by atoms with Gasteiger partial charge in [0, 0.05) is 24.4 Å². The van der Waals surface area contributed by atoms with Gasteiger partial charge in [0.2, 0.25) is 0 Å². The SMILES string of the molecule is CCC(CC(N)=NO)NC(=O)c1ccc2c(c1)CCO2. The van der Waals surface area contributed by atoms with Crippen molar-refractivity contribution in [2.24, 2.45) is 10.9 Å². The smallest absolute Gasteiger partial charge is 0.251 e. The summed E-state index contributed by atoms with van der Waals surface area (Å²) in [6.45, 7) is 2.60. The first-order chi connectivity index (χ1) is 9.63. The van der Waals surface area contributed by atoms with Gasteiger partial charge in [-0.15, -0.1) is 0 Å². The third kappa shape index (κ3) is 3.20. The van der Waals surface area contributed by atoms with Crippen molar-refractivity contribution in [3.05, 3.63) is 29.3 Å². The summed E-state index contributed by atoms with van der Waals surface area (Å²) < 4.78 is 5.41. The fourth-order valence-electron chi connectivity index (χ4n) is 2.19. The van der Waals surface area contributed by atoms with Gasteiger partial charge in [0.25, 0.3) is 5.91 Å². The molecule has 0 aliphatic carbocycles. The number of amidine groups is 1. The zero-order valence-corrected chi connectivity index (χ0v) is 11.4. The maximum atomic E-state index is 12.2. The minimum atomic E-state index is -0.155. The van der Waals surface area contributed by atoms with Crippen LogP contribution in [0, 0.1) is 0 Å². The van der Waals surface area contributed by atoms with Crippen molar-refractivity contribution in [3.8, 4) is 5.75 Å². The highest BCUT2D eigenvalue weighted by Gasteiger charge is 2.17. The summed E-state index contributed by atoms with van der Waals surface area (Å²) in [4.78, 5) is 12.2. The van der Waals surface area contributed by atoms with Crippen molar-refractivity contribution in [1.29, 1.82) is 0 Å². The van der Waals surface area contributed by atoms with Gasteiger partial charge in [0.05, 0.1) is 6.61 Å². The molecule has 108 valence electrons. The number of carbonyl (C=O) groups is 1. The van der Waals surface area contributed by atoms with E-state index in [4.69, 9.17) is 15.7 Å². The molecule has 6 heteroatoms. The molecule has 0 bridgehead atoms. The molecule has 1 aliphatic rings. The van der Waals surface area contributed by atoms with E-state index >= 15 is 0 Å². The number of amides is 1. The van der Waals surface area contributed by atoms with E-state index in [1.165, 1.54) is 0 Å². The molecule has 1 amide bonds. The van der Waals surface area contributed by atoms with Crippen LogP contribution in [-0.2, 0) is 6.42 Å². The zero-order chi connectivity index (χ0) is 14.5. The number of carbonyl (C=O) groups excluding carboxylic acids is 1. The van der Waals surface area contributed by atoms with E-state index in [0.29, 0.717) is 25.0 Å². The van der Waals surface area contributed by atoms with Gasteiger partial charge in [-0.2, -0.15) is 0 Å². The number of benzene rings is 1. The summed E-state index contributed by atoms with van der Waals surface area (Å²) in [6, 6.07) is 5.27. The molecule has 20 heavy (non-hydrogen) atoms. The van der Waals surface area contributed by atoms with E-state index in [1.54, 1.807) is 6.07 Å². The third-order valence-corrected chi connectivity index (χ3v) is 3.36. The molecule has 1 aliphatic heterocycles. The number of rotatable bonds is 5. The summed E-state index contributed by atoms with van der Waals surface area (Å²) in [5.41, 5.74) is 7.13. The van der Waals surface area contributed by atoms with Gasteiger partial charge in [-0.1, -0.05) is 12.1 Å². The molecule has 0 radical (unpaired) electrons. The highest BCUT2D eigenvalue weighted by atomic mass is 16.5. The number of nitrogens with two attached hydrogens (primary N) is 1. The van der Waals surface area contributed by atoms with Gasteiger partial charge in [-0.05, 0) is 30.2 Å². The Balaban J connectivity index is 2.03. The van der Waals surface area contributed by atoms with Crippen LogP contribution in [0.4, 0.5) is 0 Å². The summed E-state index contributed by atoms with van der Waals surface area (Å²) in [5, 5.41) is 14.4. The molecule has 1 atom stereocenters. The zero-order valence-electron chi connectivity index (χ0n) is 11.4. The largest absolute Gasteiger partial charge is 0.493 e. The molecule has 0 saturated heterocycles. The summed E-state index contributed by atoms with van der Waals surface area (Å²) in [5.74, 6) is 0.807. The number of fused-ring (bicyclic) bond motifs is 1. The average Bonchev–Trinajstić information content (AvgIpc) is 2.93. The summed E-state index contributed by atoms with van der Waals surface area (Å²) in [7, 11) is 0. The van der Waals surface area contributed by atoms with Crippen molar-refractivity contribution in [2.75, 3.05) is 6.61 Å². The van der Waals surface area contributed by atoms with E-state index in [2.05, 4.69) is 10.5 Å². The lowest BCUT2D eigenvalue weighted by molar-refractivity contribution is 0.0937. The van der Waals surface area contributed by atoms with Crippen molar-refractivity contribution in [3.63, 3.8) is 0 Å². The Morgan fingerprint density at radius 3 is 3.10 bits per heavy atom. The Bertz CT molecular complexity index is 528. The highest BCUT2D eigenvalue weighted by Crippen LogP contribution is 2.25. The quantitative estimate of drug-likeness (QED) is 0.327. The molecule has 4 N–H and O–H groups in total. The number of nitrogens with one attached hydrogen (secondary N) is 1. The molecule has 1 aromatic rings. The molecule has 0 aromatic heterocycles. The molecule has 6 nitrogen and oxygen atoms in total. The molecule has 0 fully saturated rings. The van der Waals surface area contributed by atoms with E-state index in [0.717, 1.165) is 17.7 Å². The maximum absolute atomic E-state index is 12.2. The van der Waals surface area contributed by atoms with Gasteiger partial charge in [-0.3, -0.25) is 4.79 Å². The number of hydrogen-bond donors (Lipinski definition) is 3. The predicted molar refractivity (Wildman–Crippen MR) is 75.2 cm³/mol. The second-order valence-corrected chi connectivity index (χ2v) is 4.80. The lowest BCUT2D eigenvalue weighted by Gasteiger charge is -2.16.